The summed E-state index contributed by atoms with van der Waals surface area (Å²) in [6.45, 7) is 2.34. The molecule has 1 fully saturated rings. The van der Waals surface area contributed by atoms with Crippen molar-refractivity contribution in [3.63, 3.8) is 0 Å². The summed E-state index contributed by atoms with van der Waals surface area (Å²) in [5.41, 5.74) is 0.870. The van der Waals surface area contributed by atoms with E-state index in [9.17, 15) is 19.7 Å². The van der Waals surface area contributed by atoms with Crippen molar-refractivity contribution < 1.29 is 14.5 Å². The number of carbonyl (C=O) groups is 2. The fourth-order valence-corrected chi connectivity index (χ4v) is 2.96. The summed E-state index contributed by atoms with van der Waals surface area (Å²) in [5, 5.41) is 14.4. The van der Waals surface area contributed by atoms with E-state index in [1.165, 1.54) is 19.1 Å². The predicted octanol–water partition coefficient (Wildman–Crippen LogP) is 2.52. The summed E-state index contributed by atoms with van der Waals surface area (Å²) in [7, 11) is 0. The van der Waals surface area contributed by atoms with Crippen LogP contribution in [0.15, 0.2) is 42.6 Å². The van der Waals surface area contributed by atoms with Crippen LogP contribution in [0.4, 0.5) is 11.4 Å². The van der Waals surface area contributed by atoms with Gasteiger partial charge in [0.2, 0.25) is 0 Å². The van der Waals surface area contributed by atoms with E-state index in [0.717, 1.165) is 0 Å². The van der Waals surface area contributed by atoms with Crippen LogP contribution in [0, 0.1) is 10.1 Å². The summed E-state index contributed by atoms with van der Waals surface area (Å²) in [6.07, 6.45) is 2.24. The van der Waals surface area contributed by atoms with Crippen LogP contribution in [0.5, 0.6) is 0 Å². The lowest BCUT2D eigenvalue weighted by atomic mass is 10.1. The Kier molecular flexibility index (Phi) is 4.92. The number of amides is 1. The van der Waals surface area contributed by atoms with Gasteiger partial charge in [0.1, 0.15) is 11.4 Å². The number of anilines is 1. The predicted molar refractivity (Wildman–Crippen MR) is 95.3 cm³/mol. The van der Waals surface area contributed by atoms with E-state index in [1.807, 2.05) is 0 Å². The quantitative estimate of drug-likeness (QED) is 0.502. The Bertz CT molecular complexity index is 854. The molecule has 1 aliphatic rings. The first-order valence-corrected chi connectivity index (χ1v) is 8.22. The molecule has 0 aliphatic carbocycles. The molecule has 1 aliphatic heterocycles. The Labute approximate surface area is 150 Å². The standard InChI is InChI=1S/C18H18N4O4/c1-12(23)13-5-6-15(17(10-13)22(25)26)20-14-7-9-21(11-14)18(24)16-4-2-3-8-19-16/h2-6,8,10,14,20H,7,9,11H2,1H3. The van der Waals surface area contributed by atoms with Crippen molar-refractivity contribution in [2.75, 3.05) is 18.4 Å². The lowest BCUT2D eigenvalue weighted by Gasteiger charge is -2.17. The minimum atomic E-state index is -0.513. The van der Waals surface area contributed by atoms with E-state index in [-0.39, 0.29) is 23.4 Å². The number of benzene rings is 1. The smallest absolute Gasteiger partial charge is 0.293 e. The normalized spacial score (nSPS) is 16.3. The van der Waals surface area contributed by atoms with Crippen LogP contribution in [0.2, 0.25) is 0 Å². The highest BCUT2D eigenvalue weighted by atomic mass is 16.6. The van der Waals surface area contributed by atoms with Crippen molar-refractivity contribution in [2.24, 2.45) is 0 Å². The summed E-state index contributed by atoms with van der Waals surface area (Å²) < 4.78 is 0. The molecule has 26 heavy (non-hydrogen) atoms. The molecule has 134 valence electrons. The molecule has 1 saturated heterocycles. The van der Waals surface area contributed by atoms with Crippen LogP contribution in [0.1, 0.15) is 34.2 Å². The Morgan fingerprint density at radius 3 is 2.77 bits per heavy atom. The van der Waals surface area contributed by atoms with Crippen LogP contribution in [-0.2, 0) is 0 Å². The molecular weight excluding hydrogens is 336 g/mol. The molecule has 1 atom stereocenters. The van der Waals surface area contributed by atoms with Gasteiger partial charge in [-0.05, 0) is 37.6 Å². The number of nitrogens with zero attached hydrogens (tertiary/aromatic N) is 3. The van der Waals surface area contributed by atoms with Crippen LogP contribution >= 0.6 is 0 Å². The number of pyridine rings is 1. The fourth-order valence-electron chi connectivity index (χ4n) is 2.96. The minimum absolute atomic E-state index is 0.107. The van der Waals surface area contributed by atoms with Crippen molar-refractivity contribution in [3.05, 3.63) is 64.0 Å². The van der Waals surface area contributed by atoms with Crippen LogP contribution in [0.3, 0.4) is 0 Å². The highest BCUT2D eigenvalue weighted by Gasteiger charge is 2.29. The maximum Gasteiger partial charge on any atom is 0.293 e. The SMILES string of the molecule is CC(=O)c1ccc(NC2CCN(C(=O)c3ccccn3)C2)c([N+](=O)[O-])c1. The maximum atomic E-state index is 12.4. The Morgan fingerprint density at radius 2 is 2.12 bits per heavy atom. The highest BCUT2D eigenvalue weighted by molar-refractivity contribution is 5.95. The van der Waals surface area contributed by atoms with Gasteiger partial charge in [-0.25, -0.2) is 0 Å². The molecule has 1 unspecified atom stereocenters. The number of carbonyl (C=O) groups excluding carboxylic acids is 2. The maximum absolute atomic E-state index is 12.4. The van der Waals surface area contributed by atoms with Gasteiger partial charge < -0.3 is 10.2 Å². The van der Waals surface area contributed by atoms with Crippen molar-refractivity contribution in [3.8, 4) is 0 Å². The highest BCUT2D eigenvalue weighted by Crippen LogP contribution is 2.28. The number of Topliss-reactive ketones (excluding diaryl/α,β-unsaturated/α-hetero) is 1. The van der Waals surface area contributed by atoms with Gasteiger partial charge in [0, 0.05) is 37.0 Å². The zero-order valence-corrected chi connectivity index (χ0v) is 14.2. The number of nitro benzene ring substituents is 1. The second kappa shape index (κ2) is 7.30. The molecule has 0 radical (unpaired) electrons. The van der Waals surface area contributed by atoms with Gasteiger partial charge in [0.15, 0.2) is 5.78 Å². The lowest BCUT2D eigenvalue weighted by molar-refractivity contribution is -0.384. The number of hydrogen-bond donors (Lipinski definition) is 1. The van der Waals surface area contributed by atoms with E-state index in [0.29, 0.717) is 36.5 Å². The molecule has 3 rings (SSSR count). The Hall–Kier alpha value is -3.29. The van der Waals surface area contributed by atoms with Crippen molar-refractivity contribution >= 4 is 23.1 Å². The first-order chi connectivity index (χ1) is 12.5. The molecule has 0 bridgehead atoms. The van der Waals surface area contributed by atoms with Gasteiger partial charge in [-0.2, -0.15) is 0 Å². The van der Waals surface area contributed by atoms with E-state index in [1.54, 1.807) is 35.4 Å². The summed E-state index contributed by atoms with van der Waals surface area (Å²) >= 11 is 0. The number of nitrogens with one attached hydrogen (secondary N) is 1. The Morgan fingerprint density at radius 1 is 1.31 bits per heavy atom. The third-order valence-electron chi connectivity index (χ3n) is 4.32. The molecule has 8 nitrogen and oxygen atoms in total. The molecule has 1 aromatic carbocycles. The first kappa shape index (κ1) is 17.5. The van der Waals surface area contributed by atoms with Gasteiger partial charge in [0.05, 0.1) is 4.92 Å². The largest absolute Gasteiger partial charge is 0.375 e. The van der Waals surface area contributed by atoms with Crippen LogP contribution in [-0.4, -0.2) is 45.6 Å². The van der Waals surface area contributed by atoms with Gasteiger partial charge in [-0.1, -0.05) is 6.07 Å². The second-order valence-corrected chi connectivity index (χ2v) is 6.14. The van der Waals surface area contributed by atoms with Gasteiger partial charge in [0.25, 0.3) is 11.6 Å². The number of ketones is 1. The Balaban J connectivity index is 1.72. The number of likely N-dealkylation sites (tertiary alicyclic amines) is 1. The molecule has 1 N–H and O–H groups in total. The molecule has 8 heteroatoms. The number of rotatable bonds is 5. The molecule has 1 amide bonds. The van der Waals surface area contributed by atoms with E-state index < -0.39 is 4.92 Å². The average molecular weight is 354 g/mol. The molecule has 0 saturated carbocycles. The second-order valence-electron chi connectivity index (χ2n) is 6.14. The molecule has 2 aromatic rings. The summed E-state index contributed by atoms with van der Waals surface area (Å²) in [6, 6.07) is 9.43. The van der Waals surface area contributed by atoms with E-state index >= 15 is 0 Å². The third-order valence-corrected chi connectivity index (χ3v) is 4.32. The lowest BCUT2D eigenvalue weighted by Crippen LogP contribution is -2.32. The minimum Gasteiger partial charge on any atom is -0.375 e. The van der Waals surface area contributed by atoms with E-state index in [2.05, 4.69) is 10.3 Å². The van der Waals surface area contributed by atoms with Crippen molar-refractivity contribution in [1.29, 1.82) is 0 Å². The van der Waals surface area contributed by atoms with Gasteiger partial charge in [-0.15, -0.1) is 0 Å². The topological polar surface area (TPSA) is 105 Å². The van der Waals surface area contributed by atoms with E-state index in [4.69, 9.17) is 0 Å². The number of hydrogen-bond acceptors (Lipinski definition) is 6. The fraction of sp³-hybridized carbons (Fsp3) is 0.278. The van der Waals surface area contributed by atoms with Crippen LogP contribution in [0.25, 0.3) is 0 Å². The summed E-state index contributed by atoms with van der Waals surface area (Å²) in [5.74, 6) is -0.385. The molecular formula is C18H18N4O4. The third kappa shape index (κ3) is 3.69. The molecule has 2 heterocycles. The first-order valence-electron chi connectivity index (χ1n) is 8.22. The molecule has 0 spiro atoms. The number of nitro groups is 1. The number of aromatic nitrogens is 1. The molecule has 1 aromatic heterocycles. The van der Waals surface area contributed by atoms with Gasteiger partial charge in [-0.3, -0.25) is 24.7 Å². The van der Waals surface area contributed by atoms with Crippen LogP contribution < -0.4 is 5.32 Å². The summed E-state index contributed by atoms with van der Waals surface area (Å²) in [4.78, 5) is 40.4. The van der Waals surface area contributed by atoms with Gasteiger partial charge >= 0.3 is 0 Å². The zero-order valence-electron chi connectivity index (χ0n) is 14.2. The average Bonchev–Trinajstić information content (AvgIpc) is 3.10. The van der Waals surface area contributed by atoms with Crippen molar-refractivity contribution in [2.45, 2.75) is 19.4 Å². The van der Waals surface area contributed by atoms with Crippen molar-refractivity contribution in [1.82, 2.24) is 9.88 Å². The monoisotopic (exact) mass is 354 g/mol. The zero-order chi connectivity index (χ0) is 18.7.